The van der Waals surface area contributed by atoms with E-state index in [2.05, 4.69) is 48.7 Å². The van der Waals surface area contributed by atoms with Gasteiger partial charge in [-0.05, 0) is 35.0 Å². The Morgan fingerprint density at radius 3 is 3.10 bits per heavy atom. The molecule has 104 valence electrons. The largest absolute Gasteiger partial charge is 0.340 e. The van der Waals surface area contributed by atoms with Crippen molar-refractivity contribution in [3.63, 3.8) is 0 Å². The van der Waals surface area contributed by atoms with Crippen molar-refractivity contribution >= 4 is 48.4 Å². The lowest BCUT2D eigenvalue weighted by atomic mass is 10.2. The van der Waals surface area contributed by atoms with Gasteiger partial charge < -0.3 is 9.55 Å². The first kappa shape index (κ1) is 12.8. The van der Waals surface area contributed by atoms with Crippen molar-refractivity contribution in [3.05, 3.63) is 62.6 Å². The molecule has 0 saturated carbocycles. The molecule has 0 atom stereocenters. The summed E-state index contributed by atoms with van der Waals surface area (Å²) < 4.78 is 3.79. The van der Waals surface area contributed by atoms with Crippen LogP contribution in [0.25, 0.3) is 21.1 Å². The highest BCUT2D eigenvalue weighted by Crippen LogP contribution is 2.21. The summed E-state index contributed by atoms with van der Waals surface area (Å²) in [5, 5.41) is 3.05. The molecule has 0 aliphatic rings. The van der Waals surface area contributed by atoms with Gasteiger partial charge in [-0.15, -0.1) is 11.3 Å². The van der Waals surface area contributed by atoms with Crippen LogP contribution in [-0.4, -0.2) is 14.5 Å². The van der Waals surface area contributed by atoms with Crippen LogP contribution in [0.2, 0.25) is 0 Å². The van der Waals surface area contributed by atoms with Crippen molar-refractivity contribution in [1.29, 1.82) is 0 Å². The van der Waals surface area contributed by atoms with Crippen LogP contribution >= 0.6 is 27.3 Å². The summed E-state index contributed by atoms with van der Waals surface area (Å²) in [5.41, 5.74) is 1.80. The zero-order valence-corrected chi connectivity index (χ0v) is 13.2. The van der Waals surface area contributed by atoms with Gasteiger partial charge >= 0.3 is 0 Å². The minimum absolute atomic E-state index is 0.0670. The average molecular weight is 360 g/mol. The molecule has 0 saturated heterocycles. The molecule has 0 aliphatic carbocycles. The predicted molar refractivity (Wildman–Crippen MR) is 89.0 cm³/mol. The third-order valence-electron chi connectivity index (χ3n) is 3.42. The van der Waals surface area contributed by atoms with Crippen molar-refractivity contribution in [2.24, 2.45) is 0 Å². The molecule has 4 nitrogen and oxygen atoms in total. The van der Waals surface area contributed by atoms with E-state index in [0.717, 1.165) is 20.9 Å². The zero-order chi connectivity index (χ0) is 14.4. The number of thiophene rings is 1. The van der Waals surface area contributed by atoms with Gasteiger partial charge in [0.15, 0.2) is 0 Å². The highest BCUT2D eigenvalue weighted by molar-refractivity contribution is 9.10. The molecular formula is C15H10BrN3OS. The molecule has 0 bridgehead atoms. The second-order valence-corrected chi connectivity index (χ2v) is 6.63. The lowest BCUT2D eigenvalue weighted by molar-refractivity contribution is 0.774. The maximum Gasteiger partial charge on any atom is 0.268 e. The Hall–Kier alpha value is -1.92. The van der Waals surface area contributed by atoms with Gasteiger partial charge in [-0.3, -0.25) is 4.79 Å². The molecule has 0 amide bonds. The molecule has 3 aromatic heterocycles. The summed E-state index contributed by atoms with van der Waals surface area (Å²) in [6, 6.07) is 10.1. The van der Waals surface area contributed by atoms with Gasteiger partial charge in [-0.25, -0.2) is 4.98 Å². The van der Waals surface area contributed by atoms with Crippen molar-refractivity contribution in [2.45, 2.75) is 6.54 Å². The molecule has 0 fully saturated rings. The van der Waals surface area contributed by atoms with Gasteiger partial charge in [0.05, 0.1) is 12.1 Å². The molecular weight excluding hydrogens is 350 g/mol. The van der Waals surface area contributed by atoms with Gasteiger partial charge in [0.2, 0.25) is 0 Å². The summed E-state index contributed by atoms with van der Waals surface area (Å²) in [5.74, 6) is 0.670. The Morgan fingerprint density at radius 2 is 2.19 bits per heavy atom. The third kappa shape index (κ3) is 2.20. The van der Waals surface area contributed by atoms with E-state index >= 15 is 0 Å². The lowest BCUT2D eigenvalue weighted by Crippen LogP contribution is -2.12. The SMILES string of the molecule is O=c1[nH]c(Cn2ccc3ccc(Br)cc32)nc2ccsc12. The van der Waals surface area contributed by atoms with Crippen LogP contribution in [-0.2, 0) is 6.54 Å². The monoisotopic (exact) mass is 359 g/mol. The zero-order valence-electron chi connectivity index (χ0n) is 10.8. The molecule has 0 aliphatic heterocycles. The fraction of sp³-hybridized carbons (Fsp3) is 0.0667. The second-order valence-electron chi connectivity index (χ2n) is 4.79. The summed E-state index contributed by atoms with van der Waals surface area (Å²) >= 11 is 4.91. The smallest absolute Gasteiger partial charge is 0.268 e. The van der Waals surface area contributed by atoms with Gasteiger partial charge in [-0.1, -0.05) is 22.0 Å². The van der Waals surface area contributed by atoms with Crippen LogP contribution in [0.3, 0.4) is 0 Å². The summed E-state index contributed by atoms with van der Waals surface area (Å²) in [6.07, 6.45) is 2.01. The minimum Gasteiger partial charge on any atom is -0.340 e. The van der Waals surface area contributed by atoms with E-state index in [1.807, 2.05) is 23.7 Å². The molecule has 0 spiro atoms. The molecule has 1 N–H and O–H groups in total. The first-order chi connectivity index (χ1) is 10.2. The quantitative estimate of drug-likeness (QED) is 0.592. The Balaban J connectivity index is 1.82. The number of fused-ring (bicyclic) bond motifs is 2. The standard InChI is InChI=1S/C15H10BrN3OS/c16-10-2-1-9-3-5-19(12(9)7-10)8-13-17-11-4-6-21-14(11)15(20)18-13/h1-7H,8H2,(H,17,18,20). The maximum absolute atomic E-state index is 12.0. The Morgan fingerprint density at radius 1 is 1.29 bits per heavy atom. The number of hydrogen-bond donors (Lipinski definition) is 1. The number of nitrogens with zero attached hydrogens (tertiary/aromatic N) is 2. The van der Waals surface area contributed by atoms with Gasteiger partial charge in [0.25, 0.3) is 5.56 Å². The van der Waals surface area contributed by atoms with Crippen LogP contribution < -0.4 is 5.56 Å². The van der Waals surface area contributed by atoms with Crippen molar-refractivity contribution in [3.8, 4) is 0 Å². The second kappa shape index (κ2) is 4.82. The third-order valence-corrected chi connectivity index (χ3v) is 4.82. The molecule has 3 heterocycles. The Labute approximate surface area is 132 Å². The first-order valence-corrected chi connectivity index (χ1v) is 8.09. The molecule has 4 aromatic rings. The molecule has 21 heavy (non-hydrogen) atoms. The van der Waals surface area contributed by atoms with Gasteiger partial charge in [0, 0.05) is 16.2 Å². The number of nitrogens with one attached hydrogen (secondary N) is 1. The fourth-order valence-electron chi connectivity index (χ4n) is 2.45. The van der Waals surface area contributed by atoms with Crippen molar-refractivity contribution in [1.82, 2.24) is 14.5 Å². The van der Waals surface area contributed by atoms with E-state index in [4.69, 9.17) is 0 Å². The molecule has 1 aromatic carbocycles. The Kier molecular flexibility index (Phi) is 2.94. The van der Waals surface area contributed by atoms with Gasteiger partial charge in [-0.2, -0.15) is 0 Å². The number of halogens is 1. The minimum atomic E-state index is -0.0670. The van der Waals surface area contributed by atoms with E-state index in [0.29, 0.717) is 17.1 Å². The first-order valence-electron chi connectivity index (χ1n) is 6.41. The number of rotatable bonds is 2. The normalized spacial score (nSPS) is 11.5. The summed E-state index contributed by atoms with van der Waals surface area (Å²) in [7, 11) is 0. The number of aromatic amines is 1. The van der Waals surface area contributed by atoms with E-state index in [1.54, 1.807) is 0 Å². The van der Waals surface area contributed by atoms with Crippen LogP contribution in [0.4, 0.5) is 0 Å². The predicted octanol–water partition coefficient (Wildman–Crippen LogP) is 3.75. The lowest BCUT2D eigenvalue weighted by Gasteiger charge is -2.05. The number of hydrogen-bond acceptors (Lipinski definition) is 3. The van der Waals surface area contributed by atoms with Crippen LogP contribution in [0, 0.1) is 0 Å². The number of H-pyrrole nitrogens is 1. The highest BCUT2D eigenvalue weighted by Gasteiger charge is 2.07. The fourth-order valence-corrected chi connectivity index (χ4v) is 3.53. The summed E-state index contributed by atoms with van der Waals surface area (Å²) in [4.78, 5) is 19.4. The maximum atomic E-state index is 12.0. The van der Waals surface area contributed by atoms with E-state index in [1.165, 1.54) is 11.3 Å². The van der Waals surface area contributed by atoms with Crippen molar-refractivity contribution in [2.75, 3.05) is 0 Å². The molecule has 4 rings (SSSR count). The van der Waals surface area contributed by atoms with Gasteiger partial charge in [0.1, 0.15) is 10.5 Å². The molecule has 6 heteroatoms. The number of aromatic nitrogens is 3. The van der Waals surface area contributed by atoms with Crippen LogP contribution in [0.5, 0.6) is 0 Å². The summed E-state index contributed by atoms with van der Waals surface area (Å²) in [6.45, 7) is 0.543. The van der Waals surface area contributed by atoms with Crippen LogP contribution in [0.15, 0.2) is 51.2 Å². The topological polar surface area (TPSA) is 50.7 Å². The molecule has 0 unspecified atom stereocenters. The molecule has 0 radical (unpaired) electrons. The van der Waals surface area contributed by atoms with Crippen molar-refractivity contribution < 1.29 is 0 Å². The van der Waals surface area contributed by atoms with E-state index in [-0.39, 0.29) is 5.56 Å². The highest BCUT2D eigenvalue weighted by atomic mass is 79.9. The van der Waals surface area contributed by atoms with Crippen LogP contribution in [0.1, 0.15) is 5.82 Å². The number of benzene rings is 1. The Bertz CT molecular complexity index is 1010. The van der Waals surface area contributed by atoms with E-state index < -0.39 is 0 Å². The van der Waals surface area contributed by atoms with E-state index in [9.17, 15) is 4.79 Å². The average Bonchev–Trinajstić information content (AvgIpc) is 3.06.